The van der Waals surface area contributed by atoms with Crippen molar-refractivity contribution >= 4 is 47.5 Å². The third-order valence-electron chi connectivity index (χ3n) is 5.70. The average molecular weight is 523 g/mol. The van der Waals surface area contributed by atoms with E-state index in [2.05, 4.69) is 5.32 Å². The first kappa shape index (κ1) is 25.9. The van der Waals surface area contributed by atoms with Gasteiger partial charge in [0.25, 0.3) is 11.5 Å². The van der Waals surface area contributed by atoms with Crippen molar-refractivity contribution in [3.8, 4) is 0 Å². The fourth-order valence-corrected chi connectivity index (χ4v) is 4.16. The van der Waals surface area contributed by atoms with Gasteiger partial charge in [-0.05, 0) is 48.9 Å². The van der Waals surface area contributed by atoms with E-state index in [9.17, 15) is 9.59 Å². The summed E-state index contributed by atoms with van der Waals surface area (Å²) in [5.74, 6) is 0.329. The van der Waals surface area contributed by atoms with E-state index >= 15 is 0 Å². The van der Waals surface area contributed by atoms with Gasteiger partial charge in [-0.25, -0.2) is 4.98 Å². The zero-order chi connectivity index (χ0) is 23.7. The molecule has 2 aromatic carbocycles. The smallest absolute Gasteiger partial charge is 0.278 e. The van der Waals surface area contributed by atoms with Crippen molar-refractivity contribution in [1.29, 1.82) is 0 Å². The van der Waals surface area contributed by atoms with Gasteiger partial charge < -0.3 is 15.2 Å². The number of nitrogens with zero attached hydrogens (tertiary/aromatic N) is 4. The minimum Gasteiger partial charge on any atom is -0.348 e. The van der Waals surface area contributed by atoms with Crippen molar-refractivity contribution in [1.82, 2.24) is 14.6 Å². The number of carbonyl (C=O) groups is 1. The summed E-state index contributed by atoms with van der Waals surface area (Å²) in [5.41, 5.74) is 2.62. The lowest BCUT2D eigenvalue weighted by Gasteiger charge is -2.31. The van der Waals surface area contributed by atoms with Crippen molar-refractivity contribution < 1.29 is 4.79 Å². The Kier molecular flexibility index (Phi) is 8.13. The van der Waals surface area contributed by atoms with Crippen LogP contribution in [-0.4, -0.2) is 41.1 Å². The fraction of sp³-hybridized carbons (Fsp3) is 0.292. The lowest BCUT2D eigenvalue weighted by atomic mass is 10.1. The molecule has 4 rings (SSSR count). The van der Waals surface area contributed by atoms with Crippen molar-refractivity contribution in [2.75, 3.05) is 31.0 Å². The van der Waals surface area contributed by atoms with Crippen LogP contribution in [0.3, 0.4) is 0 Å². The number of aromatic nitrogens is 2. The van der Waals surface area contributed by atoms with Crippen LogP contribution >= 0.6 is 35.6 Å². The van der Waals surface area contributed by atoms with Gasteiger partial charge in [-0.2, -0.15) is 4.68 Å². The van der Waals surface area contributed by atoms with Gasteiger partial charge in [-0.3, -0.25) is 9.59 Å². The Labute approximate surface area is 214 Å². The van der Waals surface area contributed by atoms with Gasteiger partial charge in [-0.15, -0.1) is 12.4 Å². The molecule has 0 bridgehead atoms. The van der Waals surface area contributed by atoms with E-state index < -0.39 is 0 Å². The maximum atomic E-state index is 13.5. The Balaban J connectivity index is 0.00000324. The minimum absolute atomic E-state index is 0. The van der Waals surface area contributed by atoms with Crippen LogP contribution in [0.4, 0.5) is 5.95 Å². The number of nitrogens with one attached hydrogen (secondary N) is 1. The topological polar surface area (TPSA) is 70.5 Å². The van der Waals surface area contributed by atoms with Gasteiger partial charge in [0, 0.05) is 42.7 Å². The molecule has 10 heteroatoms. The average Bonchev–Trinajstić information content (AvgIpc) is 2.79. The number of hydrogen-bond acceptors (Lipinski definition) is 5. The molecule has 0 saturated carbocycles. The highest BCUT2D eigenvalue weighted by Gasteiger charge is 2.28. The van der Waals surface area contributed by atoms with Crippen molar-refractivity contribution in [2.24, 2.45) is 0 Å². The van der Waals surface area contributed by atoms with E-state index in [0.29, 0.717) is 45.8 Å². The number of rotatable bonds is 5. The van der Waals surface area contributed by atoms with E-state index in [1.165, 1.54) is 4.68 Å². The fourth-order valence-electron chi connectivity index (χ4n) is 3.91. The highest BCUT2D eigenvalue weighted by atomic mass is 35.5. The number of amides is 1. The molecule has 180 valence electrons. The minimum atomic E-state index is -0.190. The highest BCUT2D eigenvalue weighted by molar-refractivity contribution is 6.30. The normalized spacial score (nSPS) is 13.5. The summed E-state index contributed by atoms with van der Waals surface area (Å²) in [6.45, 7) is 2.70. The summed E-state index contributed by atoms with van der Waals surface area (Å²) in [6.07, 6.45) is 0.502. The number of halogens is 3. The molecule has 0 aliphatic carbocycles. The van der Waals surface area contributed by atoms with E-state index in [1.54, 1.807) is 48.3 Å². The second kappa shape index (κ2) is 10.7. The molecule has 1 N–H and O–H groups in total. The van der Waals surface area contributed by atoms with E-state index in [4.69, 9.17) is 28.2 Å². The molecule has 2 heterocycles. The summed E-state index contributed by atoms with van der Waals surface area (Å²) in [7, 11) is 3.57. The molecule has 1 amide bonds. The summed E-state index contributed by atoms with van der Waals surface area (Å²) in [6, 6.07) is 14.2. The highest BCUT2D eigenvalue weighted by Crippen LogP contribution is 2.23. The van der Waals surface area contributed by atoms with Gasteiger partial charge in [0.2, 0.25) is 5.95 Å². The molecule has 1 aliphatic rings. The zero-order valence-corrected chi connectivity index (χ0v) is 21.4. The van der Waals surface area contributed by atoms with Crippen LogP contribution < -0.4 is 15.9 Å². The molecule has 3 aromatic rings. The first-order valence-corrected chi connectivity index (χ1v) is 11.4. The van der Waals surface area contributed by atoms with Crippen LogP contribution in [0.1, 0.15) is 40.1 Å². The third-order valence-corrected chi connectivity index (χ3v) is 6.21. The quantitative estimate of drug-likeness (QED) is 0.533. The van der Waals surface area contributed by atoms with Crippen LogP contribution in [0.25, 0.3) is 0 Å². The molecule has 1 aliphatic heterocycles. The van der Waals surface area contributed by atoms with Crippen LogP contribution in [0.15, 0.2) is 53.3 Å². The van der Waals surface area contributed by atoms with Crippen LogP contribution in [0.2, 0.25) is 10.0 Å². The Hall–Kier alpha value is -2.74. The number of anilines is 1. The molecule has 0 saturated heterocycles. The predicted octanol–water partition coefficient (Wildman–Crippen LogP) is 4.54. The number of fused-ring (bicyclic) bond motifs is 1. The van der Waals surface area contributed by atoms with Gasteiger partial charge in [-0.1, -0.05) is 35.3 Å². The summed E-state index contributed by atoms with van der Waals surface area (Å²) in [4.78, 5) is 32.9. The van der Waals surface area contributed by atoms with Gasteiger partial charge in [0.1, 0.15) is 0 Å². The molecule has 1 aromatic heterocycles. The Bertz CT molecular complexity index is 1230. The Morgan fingerprint density at radius 3 is 2.24 bits per heavy atom. The maximum Gasteiger partial charge on any atom is 0.278 e. The second-order valence-corrected chi connectivity index (χ2v) is 9.10. The third kappa shape index (κ3) is 5.32. The van der Waals surface area contributed by atoms with E-state index in [1.807, 2.05) is 31.2 Å². The summed E-state index contributed by atoms with van der Waals surface area (Å²) >= 11 is 11.9. The van der Waals surface area contributed by atoms with Crippen LogP contribution in [-0.2, 0) is 13.0 Å². The molecule has 0 radical (unpaired) electrons. The molecule has 34 heavy (non-hydrogen) atoms. The predicted molar refractivity (Wildman–Crippen MR) is 139 cm³/mol. The van der Waals surface area contributed by atoms with Gasteiger partial charge in [0.15, 0.2) is 0 Å². The first-order chi connectivity index (χ1) is 15.7. The van der Waals surface area contributed by atoms with Gasteiger partial charge >= 0.3 is 0 Å². The number of hydrogen-bond donors (Lipinski definition) is 1. The van der Waals surface area contributed by atoms with E-state index in [0.717, 1.165) is 5.56 Å². The van der Waals surface area contributed by atoms with Crippen LogP contribution in [0.5, 0.6) is 0 Å². The second-order valence-electron chi connectivity index (χ2n) is 8.23. The van der Waals surface area contributed by atoms with Crippen LogP contribution in [0, 0.1) is 0 Å². The molecule has 1 unspecified atom stereocenters. The number of benzene rings is 2. The SMILES string of the molecule is CC(Nc1nc2c(c(=O)n1N(C)C)CN(C(=O)c1ccc(Cl)cc1)CC2)c1ccc(Cl)cc1.Cl. The first-order valence-electron chi connectivity index (χ1n) is 10.6. The van der Waals surface area contributed by atoms with Crippen molar-refractivity contribution in [2.45, 2.75) is 25.9 Å². The lowest BCUT2D eigenvalue weighted by molar-refractivity contribution is 0.0732. The molecule has 1 atom stereocenters. The molecular formula is C24H26Cl3N5O2. The summed E-state index contributed by atoms with van der Waals surface area (Å²) < 4.78 is 1.50. The van der Waals surface area contributed by atoms with Crippen molar-refractivity contribution in [3.05, 3.63) is 91.3 Å². The molecule has 0 spiro atoms. The summed E-state index contributed by atoms with van der Waals surface area (Å²) in [5, 5.41) is 6.28. The lowest BCUT2D eigenvalue weighted by Crippen LogP contribution is -2.45. The Morgan fingerprint density at radius 1 is 1.06 bits per heavy atom. The maximum absolute atomic E-state index is 13.5. The standard InChI is InChI=1S/C24H25Cl2N5O2.ClH/c1-15(16-4-8-18(25)9-5-16)27-24-28-21-12-13-30(14-20(21)23(33)31(24)29(2)3)22(32)17-6-10-19(26)11-7-17;/h4-11,15H,12-14H2,1-3H3,(H,27,28);1H. The van der Waals surface area contributed by atoms with Crippen molar-refractivity contribution in [3.63, 3.8) is 0 Å². The van der Waals surface area contributed by atoms with Gasteiger partial charge in [0.05, 0.1) is 23.8 Å². The molecule has 0 fully saturated rings. The Morgan fingerprint density at radius 2 is 1.65 bits per heavy atom. The largest absolute Gasteiger partial charge is 0.348 e. The zero-order valence-electron chi connectivity index (χ0n) is 19.1. The molecule has 7 nitrogen and oxygen atoms in total. The molecular weight excluding hydrogens is 497 g/mol. The monoisotopic (exact) mass is 521 g/mol. The van der Waals surface area contributed by atoms with E-state index in [-0.39, 0.29) is 36.5 Å². The number of carbonyl (C=O) groups excluding carboxylic acids is 1.